The number of rotatable bonds is 18. The molecule has 1 aliphatic carbocycles. The minimum Gasteiger partial charge on any atom is -0.456 e. The summed E-state index contributed by atoms with van der Waals surface area (Å²) < 4.78 is 5.01. The van der Waals surface area contributed by atoms with E-state index in [1.165, 1.54) is 5.34 Å². The van der Waals surface area contributed by atoms with Crippen LogP contribution in [0.2, 0.25) is 0 Å². The summed E-state index contributed by atoms with van der Waals surface area (Å²) in [5.41, 5.74) is 0. The lowest BCUT2D eigenvalue weighted by atomic mass is 9.88. The van der Waals surface area contributed by atoms with Crippen LogP contribution in [0, 0.1) is 16.7 Å². The van der Waals surface area contributed by atoms with Gasteiger partial charge in [0.2, 0.25) is 11.9 Å². The van der Waals surface area contributed by atoms with Gasteiger partial charge in [0, 0.05) is 24.7 Å². The summed E-state index contributed by atoms with van der Waals surface area (Å²) in [4.78, 5) is 38.5. The predicted octanol–water partition coefficient (Wildman–Crippen LogP) is 1.07. The maximum Gasteiger partial charge on any atom is 0.306 e. The van der Waals surface area contributed by atoms with Crippen LogP contribution in [0.3, 0.4) is 0 Å². The summed E-state index contributed by atoms with van der Waals surface area (Å²) in [6.07, 6.45) is 9.33. The van der Waals surface area contributed by atoms with E-state index in [9.17, 15) is 24.7 Å². The average molecular weight is 459 g/mol. The molecule has 184 valence electrons. The third-order valence-electron chi connectivity index (χ3n) is 5.87. The van der Waals surface area contributed by atoms with E-state index in [1.54, 1.807) is 6.08 Å². The van der Waals surface area contributed by atoms with E-state index in [0.29, 0.717) is 19.3 Å². The van der Waals surface area contributed by atoms with E-state index in [1.807, 2.05) is 6.08 Å². The number of esters is 1. The van der Waals surface area contributed by atoms with Gasteiger partial charge in [-0.25, -0.2) is 4.84 Å². The van der Waals surface area contributed by atoms with Crippen molar-refractivity contribution in [3.63, 3.8) is 0 Å². The number of ether oxygens (including phenoxy) is 1. The first kappa shape index (κ1) is 28.2. The molecule has 0 amide bonds. The first-order chi connectivity index (χ1) is 15.4. The number of ketones is 1. The lowest BCUT2D eigenvalue weighted by Gasteiger charge is -2.18. The normalized spacial score (nSPS) is 22.8. The number of nitrogens with one attached hydrogen (secondary N) is 1. The van der Waals surface area contributed by atoms with Gasteiger partial charge in [-0.05, 0) is 19.3 Å². The number of Topliss-reactive ketones (excluding diaryl/α,β-unsaturated/α-hetero) is 1. The minimum atomic E-state index is -0.876. The number of unbranched alkanes of at least 4 members (excludes halogenated alkanes) is 5. The maximum atomic E-state index is 12.3. The van der Waals surface area contributed by atoms with E-state index in [-0.39, 0.29) is 37.1 Å². The zero-order chi connectivity index (χ0) is 23.8. The van der Waals surface area contributed by atoms with Crippen LogP contribution in [0.5, 0.6) is 0 Å². The monoisotopic (exact) mass is 458 g/mol. The number of carbonyl (C=O) groups is 2. The molecule has 0 aromatic carbocycles. The Morgan fingerprint density at radius 3 is 2.66 bits per heavy atom. The molecule has 0 aromatic heterocycles. The van der Waals surface area contributed by atoms with Crippen molar-refractivity contribution in [3.8, 4) is 0 Å². The molecular formula is C23H40NO8+. The molecule has 0 bridgehead atoms. The highest BCUT2D eigenvalue weighted by Gasteiger charge is 2.39. The van der Waals surface area contributed by atoms with Crippen LogP contribution in [0.15, 0.2) is 12.2 Å². The Hall–Kier alpha value is -1.84. The van der Waals surface area contributed by atoms with Crippen LogP contribution in [-0.4, -0.2) is 58.6 Å². The molecule has 1 unspecified atom stereocenters. The summed E-state index contributed by atoms with van der Waals surface area (Å²) in [7, 11) is 0. The molecule has 5 atom stereocenters. The quantitative estimate of drug-likeness (QED) is 0.103. The smallest absolute Gasteiger partial charge is 0.306 e. The number of aliphatic hydroxyl groups excluding tert-OH is 3. The van der Waals surface area contributed by atoms with Gasteiger partial charge in [-0.2, -0.15) is 0 Å². The second kappa shape index (κ2) is 16.7. The van der Waals surface area contributed by atoms with Crippen molar-refractivity contribution in [1.82, 2.24) is 0 Å². The lowest BCUT2D eigenvalue weighted by Crippen LogP contribution is -2.64. The summed E-state index contributed by atoms with van der Waals surface area (Å²) in [6.45, 7) is 1.45. The molecule has 9 heteroatoms. The van der Waals surface area contributed by atoms with Crippen molar-refractivity contribution in [2.45, 2.75) is 95.9 Å². The number of hydrogen-bond donors (Lipinski definition) is 4. The Morgan fingerprint density at radius 1 is 1.22 bits per heavy atom. The molecular weight excluding hydrogens is 418 g/mol. The highest BCUT2D eigenvalue weighted by Crippen LogP contribution is 2.34. The number of carbonyl (C=O) groups excluding carboxylic acids is 2. The maximum absolute atomic E-state index is 12.3. The Labute approximate surface area is 190 Å². The van der Waals surface area contributed by atoms with Crippen LogP contribution < -0.4 is 5.34 Å². The highest BCUT2D eigenvalue weighted by atomic mass is 16.7. The standard InChI is InChI=1S/C23H40NO8/c1-2-3-6-9-17(26)12-13-20-19(21(27)14-22(20)28)10-7-4-5-8-11-23(29)32-18(15-25)16-31-24-30/h12-13,17-20,22,24-26,28H,2-11,14-16H2,1H3/q+1/b13-12+/t17-,18?,19+,20+,22+/m0/s1. The van der Waals surface area contributed by atoms with Crippen LogP contribution >= 0.6 is 0 Å². The fourth-order valence-corrected chi connectivity index (χ4v) is 4.03. The molecule has 1 fully saturated rings. The van der Waals surface area contributed by atoms with Gasteiger partial charge in [-0.3, -0.25) is 9.59 Å². The van der Waals surface area contributed by atoms with Gasteiger partial charge in [0.1, 0.15) is 5.78 Å². The Bertz CT molecular complexity index is 582. The molecule has 0 aromatic rings. The summed E-state index contributed by atoms with van der Waals surface area (Å²) >= 11 is 0. The van der Waals surface area contributed by atoms with Crippen molar-refractivity contribution < 1.29 is 39.8 Å². The van der Waals surface area contributed by atoms with Crippen molar-refractivity contribution in [2.75, 3.05) is 13.2 Å². The molecule has 1 rings (SSSR count). The second-order valence-corrected chi connectivity index (χ2v) is 8.51. The topological polar surface area (TPSA) is 144 Å². The van der Waals surface area contributed by atoms with Crippen LogP contribution in [0.1, 0.15) is 77.6 Å². The van der Waals surface area contributed by atoms with Crippen LogP contribution in [-0.2, 0) is 19.2 Å². The van der Waals surface area contributed by atoms with Gasteiger partial charge in [0.05, 0.1) is 23.7 Å². The van der Waals surface area contributed by atoms with Crippen molar-refractivity contribution in [2.24, 2.45) is 11.8 Å². The van der Waals surface area contributed by atoms with Gasteiger partial charge in [-0.1, -0.05) is 57.6 Å². The van der Waals surface area contributed by atoms with Gasteiger partial charge in [0.15, 0.2) is 6.10 Å². The third-order valence-corrected chi connectivity index (χ3v) is 5.87. The zero-order valence-electron chi connectivity index (χ0n) is 19.1. The Kier molecular flexibility index (Phi) is 14.8. The molecule has 1 saturated carbocycles. The zero-order valence-corrected chi connectivity index (χ0v) is 19.1. The molecule has 0 spiro atoms. The number of aliphatic hydroxyl groups is 3. The van der Waals surface area contributed by atoms with Crippen molar-refractivity contribution >= 4 is 11.8 Å². The molecule has 9 nitrogen and oxygen atoms in total. The summed E-state index contributed by atoms with van der Waals surface area (Å²) in [5, 5.41) is 30.6. The van der Waals surface area contributed by atoms with Gasteiger partial charge in [0.25, 0.3) is 0 Å². The molecule has 32 heavy (non-hydrogen) atoms. The molecule has 0 radical (unpaired) electrons. The average Bonchev–Trinajstić information content (AvgIpc) is 3.04. The van der Waals surface area contributed by atoms with Gasteiger partial charge < -0.3 is 20.1 Å². The Morgan fingerprint density at radius 2 is 1.97 bits per heavy atom. The fourth-order valence-electron chi connectivity index (χ4n) is 4.03. The van der Waals surface area contributed by atoms with E-state index in [4.69, 9.17) is 9.84 Å². The Balaban J connectivity index is 2.30. The molecule has 0 heterocycles. The van der Waals surface area contributed by atoms with Crippen LogP contribution in [0.4, 0.5) is 0 Å². The van der Waals surface area contributed by atoms with Crippen molar-refractivity contribution in [1.29, 1.82) is 0 Å². The third kappa shape index (κ3) is 11.2. The lowest BCUT2D eigenvalue weighted by molar-refractivity contribution is -0.771. The minimum absolute atomic E-state index is 0.0704. The molecule has 4 N–H and O–H groups in total. The second-order valence-electron chi connectivity index (χ2n) is 8.51. The van der Waals surface area contributed by atoms with Gasteiger partial charge in [-0.15, -0.1) is 0 Å². The predicted molar refractivity (Wildman–Crippen MR) is 117 cm³/mol. The highest BCUT2D eigenvalue weighted by molar-refractivity contribution is 5.84. The van der Waals surface area contributed by atoms with Gasteiger partial charge >= 0.3 is 5.97 Å². The van der Waals surface area contributed by atoms with E-state index in [0.717, 1.165) is 38.5 Å². The molecule has 1 aliphatic rings. The SMILES string of the molecule is CCCCC[C@H](O)/C=C/[C@H]1[C@H](O)CC(=O)[C@@H]1CCCCCCC(=O)OC(CO)CO[NH+]=O. The van der Waals surface area contributed by atoms with Crippen LogP contribution in [0.25, 0.3) is 0 Å². The fraction of sp³-hybridized carbons (Fsp3) is 0.826. The first-order valence-corrected chi connectivity index (χ1v) is 11.8. The van der Waals surface area contributed by atoms with E-state index < -0.39 is 30.9 Å². The van der Waals surface area contributed by atoms with Crippen molar-refractivity contribution in [3.05, 3.63) is 17.1 Å². The van der Waals surface area contributed by atoms with E-state index >= 15 is 0 Å². The molecule has 0 aliphatic heterocycles. The largest absolute Gasteiger partial charge is 0.456 e. The summed E-state index contributed by atoms with van der Waals surface area (Å²) in [5.74, 6) is -0.870. The first-order valence-electron chi connectivity index (χ1n) is 11.8. The number of hydrogen-bond acceptors (Lipinski definition) is 8. The molecule has 0 saturated heterocycles. The van der Waals surface area contributed by atoms with E-state index in [2.05, 4.69) is 11.8 Å². The summed E-state index contributed by atoms with van der Waals surface area (Å²) in [6, 6.07) is 0.